The number of fused-ring (bicyclic) bond motifs is 3. The molecule has 7 nitrogen and oxygen atoms in total. The van der Waals surface area contributed by atoms with Crippen molar-refractivity contribution in [3.8, 4) is 34.1 Å². The largest absolute Gasteiger partial charge is 0.508 e. The number of carbonyl (C=O) groups is 1. The van der Waals surface area contributed by atoms with Crippen LogP contribution in [0.15, 0.2) is 70.1 Å². The highest BCUT2D eigenvalue weighted by molar-refractivity contribution is 5.94. The molecule has 32 heavy (non-hydrogen) atoms. The minimum Gasteiger partial charge on any atom is -0.508 e. The van der Waals surface area contributed by atoms with Crippen LogP contribution in [-0.4, -0.2) is 23.3 Å². The van der Waals surface area contributed by atoms with Crippen molar-refractivity contribution in [1.29, 1.82) is 0 Å². The van der Waals surface area contributed by atoms with Gasteiger partial charge in [0, 0.05) is 23.1 Å². The van der Waals surface area contributed by atoms with E-state index in [-0.39, 0.29) is 40.2 Å². The monoisotopic (exact) mass is 430 g/mol. The second-order valence-corrected chi connectivity index (χ2v) is 7.51. The first-order valence-corrected chi connectivity index (χ1v) is 9.92. The van der Waals surface area contributed by atoms with Gasteiger partial charge in [0.25, 0.3) is 0 Å². The number of hydrogen-bond acceptors (Lipinski definition) is 7. The second kappa shape index (κ2) is 7.46. The van der Waals surface area contributed by atoms with Crippen LogP contribution in [-0.2, 0) is 4.79 Å². The highest BCUT2D eigenvalue weighted by atomic mass is 16.5. The topological polar surface area (TPSA) is 106 Å². The van der Waals surface area contributed by atoms with Gasteiger partial charge in [-0.25, -0.2) is 0 Å². The van der Waals surface area contributed by atoms with Crippen molar-refractivity contribution in [3.05, 3.63) is 82.2 Å². The standard InChI is InChI=1S/C25H18O7/c1-30-19-5-3-2-4-15(19)17-12-31-25-22-16(13-6-8-14(26)9-7-13)10-21(28)32-20(22)11-18(27)23(25)24(17)29/h2-9,11-12,16,26-27H,10H2,1H3. The molecule has 0 spiro atoms. The van der Waals surface area contributed by atoms with Crippen molar-refractivity contribution in [3.63, 3.8) is 0 Å². The number of phenolic OH excluding ortho intramolecular Hbond substituents is 2. The molecule has 4 aromatic rings. The van der Waals surface area contributed by atoms with Gasteiger partial charge in [0.15, 0.2) is 0 Å². The smallest absolute Gasteiger partial charge is 0.312 e. The molecule has 1 atom stereocenters. The number of para-hydroxylation sites is 1. The number of benzene rings is 3. The van der Waals surface area contributed by atoms with Crippen LogP contribution in [0, 0.1) is 0 Å². The van der Waals surface area contributed by atoms with Crippen molar-refractivity contribution >= 4 is 16.9 Å². The van der Waals surface area contributed by atoms with E-state index < -0.39 is 17.3 Å². The number of aromatic hydroxyl groups is 2. The fourth-order valence-electron chi connectivity index (χ4n) is 4.18. The summed E-state index contributed by atoms with van der Waals surface area (Å²) in [6, 6.07) is 14.7. The fourth-order valence-corrected chi connectivity index (χ4v) is 4.18. The number of esters is 1. The first-order valence-electron chi connectivity index (χ1n) is 9.92. The number of hydrogen-bond donors (Lipinski definition) is 2. The summed E-state index contributed by atoms with van der Waals surface area (Å²) in [4.78, 5) is 25.7. The Kier molecular flexibility index (Phi) is 4.59. The lowest BCUT2D eigenvalue weighted by molar-refractivity contribution is -0.135. The molecule has 1 aromatic heterocycles. The fraction of sp³-hybridized carbons (Fsp3) is 0.120. The highest BCUT2D eigenvalue weighted by Gasteiger charge is 2.33. The Hall–Kier alpha value is -4.26. The molecule has 0 saturated heterocycles. The van der Waals surface area contributed by atoms with Gasteiger partial charge in [-0.15, -0.1) is 0 Å². The number of ether oxygens (including phenoxy) is 2. The second-order valence-electron chi connectivity index (χ2n) is 7.51. The van der Waals surface area contributed by atoms with Gasteiger partial charge in [0.1, 0.15) is 40.2 Å². The predicted molar refractivity (Wildman–Crippen MR) is 116 cm³/mol. The third-order valence-corrected chi connectivity index (χ3v) is 5.66. The Bertz CT molecular complexity index is 1420. The molecule has 160 valence electrons. The van der Waals surface area contributed by atoms with Crippen LogP contribution < -0.4 is 14.9 Å². The number of rotatable bonds is 3. The Morgan fingerprint density at radius 3 is 2.50 bits per heavy atom. The first-order chi connectivity index (χ1) is 15.5. The molecule has 0 amide bonds. The van der Waals surface area contributed by atoms with Crippen LogP contribution in [0.3, 0.4) is 0 Å². The quantitative estimate of drug-likeness (QED) is 0.368. The third-order valence-electron chi connectivity index (χ3n) is 5.66. The van der Waals surface area contributed by atoms with Crippen molar-refractivity contribution < 1.29 is 28.9 Å². The summed E-state index contributed by atoms with van der Waals surface area (Å²) in [5.41, 5.74) is 1.71. The molecule has 0 radical (unpaired) electrons. The first kappa shape index (κ1) is 19.7. The van der Waals surface area contributed by atoms with Crippen LogP contribution in [0.2, 0.25) is 0 Å². The van der Waals surface area contributed by atoms with Gasteiger partial charge in [-0.2, -0.15) is 0 Å². The van der Waals surface area contributed by atoms with Crippen LogP contribution in [0.4, 0.5) is 0 Å². The van der Waals surface area contributed by atoms with E-state index in [0.29, 0.717) is 16.9 Å². The maximum Gasteiger partial charge on any atom is 0.312 e. The van der Waals surface area contributed by atoms with Crippen molar-refractivity contribution in [2.24, 2.45) is 0 Å². The Morgan fingerprint density at radius 2 is 1.75 bits per heavy atom. The van der Waals surface area contributed by atoms with E-state index in [1.807, 2.05) is 0 Å². The van der Waals surface area contributed by atoms with Crippen LogP contribution in [0.5, 0.6) is 23.0 Å². The van der Waals surface area contributed by atoms with Gasteiger partial charge in [-0.3, -0.25) is 9.59 Å². The zero-order chi connectivity index (χ0) is 22.4. The molecule has 7 heteroatoms. The van der Waals surface area contributed by atoms with E-state index in [1.165, 1.54) is 31.6 Å². The Labute approximate surface area is 182 Å². The van der Waals surface area contributed by atoms with Gasteiger partial charge in [-0.05, 0) is 23.8 Å². The molecule has 1 unspecified atom stereocenters. The molecular formula is C25H18O7. The molecule has 1 aliphatic rings. The molecule has 0 fully saturated rings. The molecule has 2 heterocycles. The summed E-state index contributed by atoms with van der Waals surface area (Å²) in [6.07, 6.45) is 1.35. The van der Waals surface area contributed by atoms with Crippen molar-refractivity contribution in [1.82, 2.24) is 0 Å². The maximum absolute atomic E-state index is 13.4. The van der Waals surface area contributed by atoms with E-state index in [4.69, 9.17) is 13.9 Å². The molecule has 3 aromatic carbocycles. The SMILES string of the molecule is COc1ccccc1-c1coc2c3c(cc(O)c2c1=O)OC(=O)CC3c1ccc(O)cc1. The third kappa shape index (κ3) is 3.06. The van der Waals surface area contributed by atoms with Crippen LogP contribution in [0.1, 0.15) is 23.5 Å². The van der Waals surface area contributed by atoms with E-state index in [2.05, 4.69) is 0 Å². The number of methoxy groups -OCH3 is 1. The number of phenols is 2. The Morgan fingerprint density at radius 1 is 1.00 bits per heavy atom. The number of carbonyl (C=O) groups excluding carboxylic acids is 1. The van der Waals surface area contributed by atoms with Crippen LogP contribution >= 0.6 is 0 Å². The summed E-state index contributed by atoms with van der Waals surface area (Å²) in [6.45, 7) is 0. The molecule has 0 aliphatic carbocycles. The minimum absolute atomic E-state index is 0.00566. The summed E-state index contributed by atoms with van der Waals surface area (Å²) >= 11 is 0. The van der Waals surface area contributed by atoms with Gasteiger partial charge >= 0.3 is 5.97 Å². The zero-order valence-electron chi connectivity index (χ0n) is 17.0. The average molecular weight is 430 g/mol. The molecule has 0 bridgehead atoms. The summed E-state index contributed by atoms with van der Waals surface area (Å²) in [5, 5.41) is 20.3. The van der Waals surface area contributed by atoms with E-state index in [0.717, 1.165) is 5.56 Å². The summed E-state index contributed by atoms with van der Waals surface area (Å²) in [7, 11) is 1.51. The normalized spacial score (nSPS) is 15.3. The van der Waals surface area contributed by atoms with Gasteiger partial charge in [-0.1, -0.05) is 30.3 Å². The minimum atomic E-state index is -0.477. The van der Waals surface area contributed by atoms with E-state index >= 15 is 0 Å². The van der Waals surface area contributed by atoms with E-state index in [9.17, 15) is 19.8 Å². The van der Waals surface area contributed by atoms with Crippen LogP contribution in [0.25, 0.3) is 22.1 Å². The predicted octanol–water partition coefficient (Wildman–Crippen LogP) is 4.32. The maximum atomic E-state index is 13.4. The highest BCUT2D eigenvalue weighted by Crippen LogP contribution is 2.46. The lowest BCUT2D eigenvalue weighted by Gasteiger charge is -2.26. The molecule has 0 saturated carbocycles. The summed E-state index contributed by atoms with van der Waals surface area (Å²) in [5.74, 6) is -0.568. The van der Waals surface area contributed by atoms with Gasteiger partial charge < -0.3 is 24.1 Å². The van der Waals surface area contributed by atoms with Gasteiger partial charge in [0.05, 0.1) is 19.1 Å². The zero-order valence-corrected chi connectivity index (χ0v) is 17.0. The van der Waals surface area contributed by atoms with Crippen molar-refractivity contribution in [2.45, 2.75) is 12.3 Å². The molecule has 2 N–H and O–H groups in total. The van der Waals surface area contributed by atoms with Crippen molar-refractivity contribution in [2.75, 3.05) is 7.11 Å². The van der Waals surface area contributed by atoms with Gasteiger partial charge in [0.2, 0.25) is 5.43 Å². The lowest BCUT2D eigenvalue weighted by atomic mass is 9.85. The molecular weight excluding hydrogens is 412 g/mol. The average Bonchev–Trinajstić information content (AvgIpc) is 2.79. The van der Waals surface area contributed by atoms with E-state index in [1.54, 1.807) is 36.4 Å². The molecule has 1 aliphatic heterocycles. The Balaban J connectivity index is 1.79. The lowest BCUT2D eigenvalue weighted by Crippen LogP contribution is -2.22. The summed E-state index contributed by atoms with van der Waals surface area (Å²) < 4.78 is 16.6. The molecule has 5 rings (SSSR count).